The van der Waals surface area contributed by atoms with Crippen molar-refractivity contribution in [2.24, 2.45) is 5.73 Å². The van der Waals surface area contributed by atoms with Crippen LogP contribution in [-0.4, -0.2) is 11.7 Å². The van der Waals surface area contributed by atoms with E-state index in [1.54, 1.807) is 12.3 Å². The van der Waals surface area contributed by atoms with E-state index in [1.165, 1.54) is 0 Å². The van der Waals surface area contributed by atoms with E-state index in [0.29, 0.717) is 17.3 Å². The van der Waals surface area contributed by atoms with Gasteiger partial charge in [-0.1, -0.05) is 29.8 Å². The Morgan fingerprint density at radius 2 is 2.06 bits per heavy atom. The molecule has 1 aromatic heterocycles. The van der Waals surface area contributed by atoms with E-state index in [0.717, 1.165) is 11.1 Å². The van der Waals surface area contributed by atoms with Gasteiger partial charge in [-0.3, -0.25) is 0 Å². The first-order chi connectivity index (χ1) is 8.65. The van der Waals surface area contributed by atoms with Crippen molar-refractivity contribution in [2.45, 2.75) is 18.9 Å². The molecule has 0 radical (unpaired) electrons. The summed E-state index contributed by atoms with van der Waals surface area (Å²) in [6, 6.07) is 9.22. The number of nitrogens with two attached hydrogens (primary N) is 1. The Bertz CT molecular complexity index is 524. The highest BCUT2D eigenvalue weighted by Gasteiger charge is 2.26. The Morgan fingerprint density at radius 1 is 1.33 bits per heavy atom. The van der Waals surface area contributed by atoms with Crippen molar-refractivity contribution in [1.82, 2.24) is 0 Å². The van der Waals surface area contributed by atoms with Gasteiger partial charge in [0.1, 0.15) is 11.9 Å². The van der Waals surface area contributed by atoms with E-state index in [2.05, 4.69) is 0 Å². The third kappa shape index (κ3) is 2.43. The van der Waals surface area contributed by atoms with Crippen LogP contribution in [0.15, 0.2) is 41.0 Å². The molecule has 4 heteroatoms. The summed E-state index contributed by atoms with van der Waals surface area (Å²) in [4.78, 5) is 0. The fourth-order valence-corrected chi connectivity index (χ4v) is 2.35. The zero-order valence-electron chi connectivity index (χ0n) is 10.1. The summed E-state index contributed by atoms with van der Waals surface area (Å²) in [6.45, 7) is 2.19. The monoisotopic (exact) mass is 265 g/mol. The van der Waals surface area contributed by atoms with Gasteiger partial charge in [-0.05, 0) is 30.2 Å². The summed E-state index contributed by atoms with van der Waals surface area (Å²) < 4.78 is 5.32. The summed E-state index contributed by atoms with van der Waals surface area (Å²) in [5.74, 6) is 0.272. The third-order valence-corrected chi connectivity index (χ3v) is 3.45. The topological polar surface area (TPSA) is 59.4 Å². The standard InChI is InChI=1S/C14H16ClNO2/c1-9-6-7-18-14(9)13(17)11(8-16)10-4-2-3-5-12(10)15/h2-7,11,13,17H,8,16H2,1H3. The molecule has 3 nitrogen and oxygen atoms in total. The van der Waals surface area contributed by atoms with Crippen molar-refractivity contribution in [3.05, 3.63) is 58.5 Å². The molecule has 2 unspecified atom stereocenters. The second-order valence-electron chi connectivity index (χ2n) is 4.28. The van der Waals surface area contributed by atoms with Gasteiger partial charge >= 0.3 is 0 Å². The lowest BCUT2D eigenvalue weighted by molar-refractivity contribution is 0.121. The number of aryl methyl sites for hydroxylation is 1. The molecule has 1 aromatic carbocycles. The molecule has 0 aliphatic heterocycles. The highest BCUT2D eigenvalue weighted by Crippen LogP contribution is 2.35. The van der Waals surface area contributed by atoms with Crippen LogP contribution in [0.3, 0.4) is 0 Å². The first-order valence-corrected chi connectivity index (χ1v) is 6.19. The highest BCUT2D eigenvalue weighted by atomic mass is 35.5. The number of hydrogen-bond acceptors (Lipinski definition) is 3. The van der Waals surface area contributed by atoms with Gasteiger partial charge < -0.3 is 15.3 Å². The van der Waals surface area contributed by atoms with Crippen LogP contribution in [0.1, 0.15) is 28.9 Å². The van der Waals surface area contributed by atoms with E-state index in [9.17, 15) is 5.11 Å². The molecule has 2 aromatic rings. The van der Waals surface area contributed by atoms with Crippen molar-refractivity contribution >= 4 is 11.6 Å². The maximum atomic E-state index is 10.4. The van der Waals surface area contributed by atoms with Gasteiger partial charge in [-0.15, -0.1) is 0 Å². The predicted molar refractivity (Wildman–Crippen MR) is 71.7 cm³/mol. The maximum absolute atomic E-state index is 10.4. The molecule has 0 spiro atoms. The van der Waals surface area contributed by atoms with E-state index < -0.39 is 6.10 Å². The van der Waals surface area contributed by atoms with Crippen molar-refractivity contribution < 1.29 is 9.52 Å². The van der Waals surface area contributed by atoms with Gasteiger partial charge in [-0.2, -0.15) is 0 Å². The van der Waals surface area contributed by atoms with Gasteiger partial charge in [0.2, 0.25) is 0 Å². The van der Waals surface area contributed by atoms with E-state index in [4.69, 9.17) is 21.8 Å². The molecule has 96 valence electrons. The Labute approximate surface area is 111 Å². The van der Waals surface area contributed by atoms with E-state index >= 15 is 0 Å². The van der Waals surface area contributed by atoms with Gasteiger partial charge in [0.05, 0.1) is 6.26 Å². The van der Waals surface area contributed by atoms with Gasteiger partial charge in [-0.25, -0.2) is 0 Å². The minimum absolute atomic E-state index is 0.274. The molecular weight excluding hydrogens is 250 g/mol. The van der Waals surface area contributed by atoms with Crippen LogP contribution in [0.4, 0.5) is 0 Å². The maximum Gasteiger partial charge on any atom is 0.135 e. The molecule has 0 aliphatic carbocycles. The molecule has 3 N–H and O–H groups in total. The molecule has 18 heavy (non-hydrogen) atoms. The average Bonchev–Trinajstić information content (AvgIpc) is 2.78. The van der Waals surface area contributed by atoms with Crippen molar-refractivity contribution in [3.8, 4) is 0 Å². The fourth-order valence-electron chi connectivity index (χ4n) is 2.07. The molecule has 0 bridgehead atoms. The second kappa shape index (κ2) is 5.57. The second-order valence-corrected chi connectivity index (χ2v) is 4.68. The van der Waals surface area contributed by atoms with Gasteiger partial charge in [0.25, 0.3) is 0 Å². The lowest BCUT2D eigenvalue weighted by atomic mass is 9.91. The molecule has 0 saturated carbocycles. The summed E-state index contributed by atoms with van der Waals surface area (Å²) in [6.07, 6.45) is 0.776. The number of aliphatic hydroxyl groups excluding tert-OH is 1. The minimum Gasteiger partial charge on any atom is -0.466 e. The van der Waals surface area contributed by atoms with E-state index in [1.807, 2.05) is 31.2 Å². The summed E-state index contributed by atoms with van der Waals surface area (Å²) in [7, 11) is 0. The van der Waals surface area contributed by atoms with E-state index in [-0.39, 0.29) is 5.92 Å². The largest absolute Gasteiger partial charge is 0.466 e. The van der Waals surface area contributed by atoms with Crippen LogP contribution >= 0.6 is 11.6 Å². The number of furan rings is 1. The quantitative estimate of drug-likeness (QED) is 0.893. The average molecular weight is 266 g/mol. The molecule has 1 heterocycles. The number of halogens is 1. The fraction of sp³-hybridized carbons (Fsp3) is 0.286. The SMILES string of the molecule is Cc1ccoc1C(O)C(CN)c1ccccc1Cl. The van der Waals surface area contributed by atoms with Crippen molar-refractivity contribution in [3.63, 3.8) is 0 Å². The summed E-state index contributed by atoms with van der Waals surface area (Å²) >= 11 is 6.15. The van der Waals surface area contributed by atoms with Crippen LogP contribution in [0, 0.1) is 6.92 Å². The number of rotatable bonds is 4. The Hall–Kier alpha value is -1.29. The van der Waals surface area contributed by atoms with Gasteiger partial charge in [0, 0.05) is 17.5 Å². The zero-order valence-corrected chi connectivity index (χ0v) is 10.9. The normalized spacial score (nSPS) is 14.4. The molecule has 0 saturated heterocycles. The van der Waals surface area contributed by atoms with Crippen LogP contribution in [0.5, 0.6) is 0 Å². The number of hydrogen-bond donors (Lipinski definition) is 2. The third-order valence-electron chi connectivity index (χ3n) is 3.11. The predicted octanol–water partition coefficient (Wildman–Crippen LogP) is 3.02. The highest BCUT2D eigenvalue weighted by molar-refractivity contribution is 6.31. The summed E-state index contributed by atoms with van der Waals surface area (Å²) in [5, 5.41) is 11.0. The van der Waals surface area contributed by atoms with Crippen molar-refractivity contribution in [2.75, 3.05) is 6.54 Å². The molecular formula is C14H16ClNO2. The lowest BCUT2D eigenvalue weighted by Gasteiger charge is -2.21. The lowest BCUT2D eigenvalue weighted by Crippen LogP contribution is -2.20. The minimum atomic E-state index is -0.787. The zero-order chi connectivity index (χ0) is 13.1. The first kappa shape index (κ1) is 13.1. The summed E-state index contributed by atoms with van der Waals surface area (Å²) in [5.41, 5.74) is 7.52. The molecule has 2 atom stereocenters. The number of aliphatic hydroxyl groups is 1. The van der Waals surface area contributed by atoms with Crippen LogP contribution < -0.4 is 5.73 Å². The number of benzene rings is 1. The van der Waals surface area contributed by atoms with Crippen molar-refractivity contribution in [1.29, 1.82) is 0 Å². The molecule has 0 amide bonds. The Kier molecular flexibility index (Phi) is 4.07. The Morgan fingerprint density at radius 3 is 2.61 bits per heavy atom. The molecule has 0 aliphatic rings. The van der Waals surface area contributed by atoms with Crippen LogP contribution in [0.2, 0.25) is 5.02 Å². The first-order valence-electron chi connectivity index (χ1n) is 5.81. The van der Waals surface area contributed by atoms with Crippen LogP contribution in [0.25, 0.3) is 0 Å². The molecule has 2 rings (SSSR count). The van der Waals surface area contributed by atoms with Gasteiger partial charge in [0.15, 0.2) is 0 Å². The Balaban J connectivity index is 2.35. The smallest absolute Gasteiger partial charge is 0.135 e. The molecule has 0 fully saturated rings. The van der Waals surface area contributed by atoms with Crippen LogP contribution in [-0.2, 0) is 0 Å².